The minimum absolute atomic E-state index is 0.0508. The molecule has 2 rings (SSSR count). The number of carbonyl (C=O) groups excluding carboxylic acids is 1. The van der Waals surface area contributed by atoms with E-state index in [9.17, 15) is 28.1 Å². The highest BCUT2D eigenvalue weighted by Crippen LogP contribution is 2.35. The summed E-state index contributed by atoms with van der Waals surface area (Å²) in [6.45, 7) is 3.10. The summed E-state index contributed by atoms with van der Waals surface area (Å²) in [6.07, 6.45) is -3.75. The molecule has 0 radical (unpaired) electrons. The van der Waals surface area contributed by atoms with E-state index in [0.29, 0.717) is 19.2 Å². The van der Waals surface area contributed by atoms with Gasteiger partial charge in [-0.1, -0.05) is 0 Å². The van der Waals surface area contributed by atoms with E-state index in [0.717, 1.165) is 18.6 Å². The van der Waals surface area contributed by atoms with Crippen LogP contribution in [0.25, 0.3) is 0 Å². The van der Waals surface area contributed by atoms with E-state index in [1.807, 2.05) is 6.92 Å². The first kappa shape index (κ1) is 20.0. The monoisotopic (exact) mass is 374 g/mol. The van der Waals surface area contributed by atoms with E-state index in [4.69, 9.17) is 5.73 Å². The minimum Gasteiger partial charge on any atom is -0.379 e. The zero-order valence-electron chi connectivity index (χ0n) is 14.3. The van der Waals surface area contributed by atoms with Crippen molar-refractivity contribution in [3.05, 3.63) is 33.9 Å². The van der Waals surface area contributed by atoms with Crippen molar-refractivity contribution in [1.82, 2.24) is 4.90 Å². The number of hydrogen-bond donors (Lipinski definition) is 2. The highest BCUT2D eigenvalue weighted by atomic mass is 19.4. The maximum Gasteiger partial charge on any atom is 0.416 e. The molecule has 1 saturated heterocycles. The lowest BCUT2D eigenvalue weighted by atomic mass is 10.1. The number of rotatable bonds is 6. The number of alkyl halides is 3. The maximum atomic E-state index is 12.7. The van der Waals surface area contributed by atoms with Gasteiger partial charge in [0, 0.05) is 31.6 Å². The van der Waals surface area contributed by atoms with E-state index in [1.165, 1.54) is 0 Å². The third kappa shape index (κ3) is 4.63. The number of amides is 1. The molecule has 10 heteroatoms. The van der Waals surface area contributed by atoms with Gasteiger partial charge in [0.2, 0.25) is 5.91 Å². The fraction of sp³-hybridized carbons (Fsp3) is 0.562. The summed E-state index contributed by atoms with van der Waals surface area (Å²) in [5.74, 6) is 0.147. The second-order valence-corrected chi connectivity index (χ2v) is 6.40. The number of nitrogens with zero attached hydrogens (tertiary/aromatic N) is 2. The molecule has 1 heterocycles. The fourth-order valence-electron chi connectivity index (χ4n) is 3.12. The summed E-state index contributed by atoms with van der Waals surface area (Å²) in [7, 11) is 0. The number of benzene rings is 1. The predicted molar refractivity (Wildman–Crippen MR) is 89.5 cm³/mol. The van der Waals surface area contributed by atoms with E-state index in [-0.39, 0.29) is 36.5 Å². The predicted octanol–water partition coefficient (Wildman–Crippen LogP) is 2.61. The first-order valence-electron chi connectivity index (χ1n) is 8.22. The third-order valence-electron chi connectivity index (χ3n) is 4.49. The first-order valence-corrected chi connectivity index (χ1v) is 8.22. The van der Waals surface area contributed by atoms with Crippen molar-refractivity contribution in [1.29, 1.82) is 0 Å². The Kier molecular flexibility index (Phi) is 6.06. The minimum atomic E-state index is -4.66. The van der Waals surface area contributed by atoms with Gasteiger partial charge in [0.15, 0.2) is 0 Å². The summed E-state index contributed by atoms with van der Waals surface area (Å²) in [5, 5.41) is 13.7. The molecule has 3 N–H and O–H groups in total. The zero-order valence-corrected chi connectivity index (χ0v) is 14.3. The highest BCUT2D eigenvalue weighted by Gasteiger charge is 2.33. The molecular weight excluding hydrogens is 353 g/mol. The average molecular weight is 374 g/mol. The van der Waals surface area contributed by atoms with Crippen LogP contribution in [0, 0.1) is 16.0 Å². The maximum absolute atomic E-state index is 12.7. The Bertz CT molecular complexity index is 681. The first-order chi connectivity index (χ1) is 12.1. The van der Waals surface area contributed by atoms with Crippen molar-refractivity contribution >= 4 is 17.3 Å². The largest absolute Gasteiger partial charge is 0.416 e. The Morgan fingerprint density at radius 3 is 2.69 bits per heavy atom. The van der Waals surface area contributed by atoms with Gasteiger partial charge >= 0.3 is 6.18 Å². The van der Waals surface area contributed by atoms with Gasteiger partial charge in [-0.3, -0.25) is 14.9 Å². The standard InChI is InChI=1S/C16H21F3N4O3/c1-10-6-11(8-20)9-22(10)15(24)4-5-21-13-3-2-12(16(17,18)19)7-14(13)23(25)26/h2-3,7,10-11,21H,4-6,8-9,20H2,1H3. The van der Waals surface area contributed by atoms with Gasteiger partial charge in [-0.15, -0.1) is 0 Å². The van der Waals surface area contributed by atoms with E-state index in [1.54, 1.807) is 4.90 Å². The summed E-state index contributed by atoms with van der Waals surface area (Å²) < 4.78 is 38.1. The normalized spacial score (nSPS) is 20.3. The van der Waals surface area contributed by atoms with E-state index >= 15 is 0 Å². The number of likely N-dealkylation sites (tertiary alicyclic amines) is 1. The number of nitrogens with one attached hydrogen (secondary N) is 1. The van der Waals surface area contributed by atoms with E-state index in [2.05, 4.69) is 5.32 Å². The van der Waals surface area contributed by atoms with Crippen LogP contribution in [0.3, 0.4) is 0 Å². The Hall–Kier alpha value is -2.36. The SMILES string of the molecule is CC1CC(CN)CN1C(=O)CCNc1ccc(C(F)(F)F)cc1[N+](=O)[O-]. The van der Waals surface area contributed by atoms with Crippen LogP contribution in [-0.2, 0) is 11.0 Å². The molecule has 1 aliphatic heterocycles. The quantitative estimate of drug-likeness (QED) is 0.589. The van der Waals surface area contributed by atoms with Crippen molar-refractivity contribution in [2.24, 2.45) is 11.7 Å². The molecule has 144 valence electrons. The number of anilines is 1. The molecule has 0 aliphatic carbocycles. The smallest absolute Gasteiger partial charge is 0.379 e. The molecular formula is C16H21F3N4O3. The molecule has 1 aromatic carbocycles. The number of nitrogens with two attached hydrogens (primary N) is 1. The molecule has 2 unspecified atom stereocenters. The van der Waals surface area contributed by atoms with Crippen LogP contribution in [0.5, 0.6) is 0 Å². The molecule has 0 bridgehead atoms. The Labute approximate surface area is 148 Å². The highest BCUT2D eigenvalue weighted by molar-refractivity contribution is 5.77. The number of nitro benzene ring substituents is 1. The van der Waals surface area contributed by atoms with Gasteiger partial charge in [0.25, 0.3) is 5.69 Å². The van der Waals surface area contributed by atoms with E-state index < -0.39 is 22.4 Å². The molecule has 0 saturated carbocycles. The van der Waals surface area contributed by atoms with Crippen LogP contribution in [-0.4, -0.2) is 41.4 Å². The number of nitro groups is 1. The zero-order chi connectivity index (χ0) is 19.5. The molecule has 0 aromatic heterocycles. The van der Waals surface area contributed by atoms with Gasteiger partial charge in [-0.2, -0.15) is 13.2 Å². The van der Waals surface area contributed by atoms with Crippen molar-refractivity contribution in [3.8, 4) is 0 Å². The number of hydrogen-bond acceptors (Lipinski definition) is 5. The molecule has 0 spiro atoms. The molecule has 1 aromatic rings. The lowest BCUT2D eigenvalue weighted by molar-refractivity contribution is -0.384. The van der Waals surface area contributed by atoms with Gasteiger partial charge in [0.05, 0.1) is 10.5 Å². The number of halogens is 3. The molecule has 1 amide bonds. The van der Waals surface area contributed by atoms with Crippen molar-refractivity contribution in [2.75, 3.05) is 25.0 Å². The van der Waals surface area contributed by atoms with Crippen LogP contribution in [0.4, 0.5) is 24.5 Å². The summed E-state index contributed by atoms with van der Waals surface area (Å²) >= 11 is 0. The van der Waals surface area contributed by atoms with Gasteiger partial charge in [-0.25, -0.2) is 0 Å². The van der Waals surface area contributed by atoms with Crippen molar-refractivity contribution in [2.45, 2.75) is 32.0 Å². The van der Waals surface area contributed by atoms with Crippen molar-refractivity contribution in [3.63, 3.8) is 0 Å². The molecule has 1 aliphatic rings. The lowest BCUT2D eigenvalue weighted by Crippen LogP contribution is -2.35. The molecule has 2 atom stereocenters. The summed E-state index contributed by atoms with van der Waals surface area (Å²) in [6, 6.07) is 2.34. The average Bonchev–Trinajstić information content (AvgIpc) is 2.95. The summed E-state index contributed by atoms with van der Waals surface area (Å²) in [5.41, 5.74) is 3.81. The lowest BCUT2D eigenvalue weighted by Gasteiger charge is -2.21. The van der Waals surface area contributed by atoms with Crippen LogP contribution in [0.1, 0.15) is 25.3 Å². The number of carbonyl (C=O) groups is 1. The molecule has 7 nitrogen and oxygen atoms in total. The van der Waals surface area contributed by atoms with Gasteiger partial charge < -0.3 is 16.0 Å². The van der Waals surface area contributed by atoms with Gasteiger partial charge in [-0.05, 0) is 37.9 Å². The fourth-order valence-corrected chi connectivity index (χ4v) is 3.12. The van der Waals surface area contributed by atoms with Crippen LogP contribution < -0.4 is 11.1 Å². The second-order valence-electron chi connectivity index (χ2n) is 6.40. The van der Waals surface area contributed by atoms with Crippen LogP contribution >= 0.6 is 0 Å². The Balaban J connectivity index is 1.99. The van der Waals surface area contributed by atoms with Crippen LogP contribution in [0.15, 0.2) is 18.2 Å². The Morgan fingerprint density at radius 2 is 2.15 bits per heavy atom. The molecule has 26 heavy (non-hydrogen) atoms. The van der Waals surface area contributed by atoms with Gasteiger partial charge in [0.1, 0.15) is 5.69 Å². The van der Waals surface area contributed by atoms with Crippen molar-refractivity contribution < 1.29 is 22.9 Å². The Morgan fingerprint density at radius 1 is 1.46 bits per heavy atom. The second kappa shape index (κ2) is 7.90. The topological polar surface area (TPSA) is 102 Å². The van der Waals surface area contributed by atoms with Crippen LogP contribution in [0.2, 0.25) is 0 Å². The third-order valence-corrected chi connectivity index (χ3v) is 4.49. The summed E-state index contributed by atoms with van der Waals surface area (Å²) in [4.78, 5) is 24.1. The molecule has 1 fully saturated rings.